The second kappa shape index (κ2) is 8.57. The molecule has 4 nitrogen and oxygen atoms in total. The summed E-state index contributed by atoms with van der Waals surface area (Å²) >= 11 is 0. The normalized spacial score (nSPS) is 15.3. The lowest BCUT2D eigenvalue weighted by Crippen LogP contribution is -2.33. The molecule has 1 N–H and O–H groups in total. The molecule has 0 aromatic heterocycles. The van der Waals surface area contributed by atoms with Crippen molar-refractivity contribution in [3.05, 3.63) is 29.8 Å². The molecule has 1 aromatic carbocycles. The molecular weight excluding hydrogens is 278 g/mol. The number of benzene rings is 1. The first kappa shape index (κ1) is 16.5. The quantitative estimate of drug-likeness (QED) is 0.788. The number of carbonyl (C=O) groups excluding carboxylic acids is 2. The van der Waals surface area contributed by atoms with E-state index in [1.807, 2.05) is 24.3 Å². The smallest absolute Gasteiger partial charge is 0.287 e. The van der Waals surface area contributed by atoms with Crippen LogP contribution in [0.15, 0.2) is 24.3 Å². The molecule has 0 radical (unpaired) electrons. The summed E-state index contributed by atoms with van der Waals surface area (Å²) in [5.74, 6) is 0.532. The summed E-state index contributed by atoms with van der Waals surface area (Å²) in [6, 6.07) is 7.72. The van der Waals surface area contributed by atoms with Crippen LogP contribution in [0.1, 0.15) is 44.1 Å². The summed E-state index contributed by atoms with van der Waals surface area (Å²) in [4.78, 5) is 23.7. The van der Waals surface area contributed by atoms with E-state index < -0.39 is 5.91 Å². The maximum absolute atomic E-state index is 11.9. The Morgan fingerprint density at radius 2 is 1.82 bits per heavy atom. The van der Waals surface area contributed by atoms with E-state index in [9.17, 15) is 9.59 Å². The van der Waals surface area contributed by atoms with E-state index >= 15 is 0 Å². The first-order valence-corrected chi connectivity index (χ1v) is 8.13. The molecule has 120 valence electrons. The first-order valence-electron chi connectivity index (χ1n) is 8.13. The minimum absolute atomic E-state index is 0.262. The topological polar surface area (TPSA) is 55.4 Å². The summed E-state index contributed by atoms with van der Waals surface area (Å²) in [5.41, 5.74) is 1.11. The highest BCUT2D eigenvalue weighted by Gasteiger charge is 2.21. The summed E-state index contributed by atoms with van der Waals surface area (Å²) in [7, 11) is 1.63. The van der Waals surface area contributed by atoms with Crippen LogP contribution in [0.2, 0.25) is 0 Å². The number of hydrogen-bond donors (Lipinski definition) is 1. The fourth-order valence-corrected chi connectivity index (χ4v) is 2.96. The van der Waals surface area contributed by atoms with Crippen LogP contribution in [0.5, 0.6) is 5.75 Å². The van der Waals surface area contributed by atoms with Crippen molar-refractivity contribution in [2.75, 3.05) is 13.7 Å². The molecule has 0 heterocycles. The molecule has 2 rings (SSSR count). The Hall–Kier alpha value is -1.84. The van der Waals surface area contributed by atoms with Crippen LogP contribution >= 0.6 is 0 Å². The van der Waals surface area contributed by atoms with Gasteiger partial charge in [-0.05, 0) is 30.0 Å². The SMILES string of the molecule is COc1ccc(CCNC(=O)C(=O)CC2CCCCC2)cc1. The number of amides is 1. The number of carbonyl (C=O) groups is 2. The lowest BCUT2D eigenvalue weighted by Gasteiger charge is -2.20. The van der Waals surface area contributed by atoms with Gasteiger partial charge in [0.05, 0.1) is 7.11 Å². The van der Waals surface area contributed by atoms with Crippen LogP contribution in [-0.4, -0.2) is 25.3 Å². The average molecular weight is 303 g/mol. The summed E-state index contributed by atoms with van der Waals surface area (Å²) in [5, 5.41) is 2.73. The molecule has 0 bridgehead atoms. The largest absolute Gasteiger partial charge is 0.497 e. The first-order chi connectivity index (χ1) is 10.7. The molecule has 1 amide bonds. The fraction of sp³-hybridized carbons (Fsp3) is 0.556. The molecule has 1 aliphatic carbocycles. The predicted molar refractivity (Wildman–Crippen MR) is 85.9 cm³/mol. The van der Waals surface area contributed by atoms with Crippen LogP contribution in [0.25, 0.3) is 0 Å². The van der Waals surface area contributed by atoms with Crippen LogP contribution in [-0.2, 0) is 16.0 Å². The van der Waals surface area contributed by atoms with Gasteiger partial charge in [-0.3, -0.25) is 9.59 Å². The molecule has 0 spiro atoms. The third-order valence-electron chi connectivity index (χ3n) is 4.31. The third kappa shape index (κ3) is 5.17. The Morgan fingerprint density at radius 1 is 1.14 bits per heavy atom. The van der Waals surface area contributed by atoms with Gasteiger partial charge < -0.3 is 10.1 Å². The van der Waals surface area contributed by atoms with E-state index in [0.717, 1.165) is 24.2 Å². The number of Topliss-reactive ketones (excluding diaryl/α,β-unsaturated/α-hetero) is 1. The van der Waals surface area contributed by atoms with E-state index in [4.69, 9.17) is 4.74 Å². The molecule has 1 aromatic rings. The zero-order valence-electron chi connectivity index (χ0n) is 13.3. The lowest BCUT2D eigenvalue weighted by molar-refractivity contribution is -0.138. The molecule has 1 fully saturated rings. The highest BCUT2D eigenvalue weighted by molar-refractivity contribution is 6.36. The minimum Gasteiger partial charge on any atom is -0.497 e. The van der Waals surface area contributed by atoms with Gasteiger partial charge in [-0.1, -0.05) is 44.2 Å². The number of hydrogen-bond acceptors (Lipinski definition) is 3. The molecule has 0 aliphatic heterocycles. The number of ether oxygens (including phenoxy) is 1. The van der Waals surface area contributed by atoms with Crippen LogP contribution in [0.3, 0.4) is 0 Å². The summed E-state index contributed by atoms with van der Waals surface area (Å²) < 4.78 is 5.10. The highest BCUT2D eigenvalue weighted by atomic mass is 16.5. The third-order valence-corrected chi connectivity index (χ3v) is 4.31. The zero-order chi connectivity index (χ0) is 15.8. The van der Waals surface area contributed by atoms with Crippen LogP contribution < -0.4 is 10.1 Å². The Kier molecular flexibility index (Phi) is 6.44. The maximum Gasteiger partial charge on any atom is 0.287 e. The summed E-state index contributed by atoms with van der Waals surface area (Å²) in [6.07, 6.45) is 6.95. The van der Waals surface area contributed by atoms with Crippen molar-refractivity contribution >= 4 is 11.7 Å². The van der Waals surface area contributed by atoms with E-state index in [1.54, 1.807) is 7.11 Å². The van der Waals surface area contributed by atoms with Gasteiger partial charge >= 0.3 is 0 Å². The number of methoxy groups -OCH3 is 1. The van der Waals surface area contributed by atoms with Gasteiger partial charge in [0.25, 0.3) is 5.91 Å². The van der Waals surface area contributed by atoms with E-state index in [1.165, 1.54) is 19.3 Å². The Balaban J connectivity index is 1.68. The second-order valence-electron chi connectivity index (χ2n) is 5.99. The van der Waals surface area contributed by atoms with Gasteiger partial charge in [-0.2, -0.15) is 0 Å². The Labute approximate surface area is 132 Å². The zero-order valence-corrected chi connectivity index (χ0v) is 13.3. The predicted octanol–water partition coefficient (Wildman–Crippen LogP) is 2.89. The van der Waals surface area contributed by atoms with Crippen molar-refractivity contribution in [1.82, 2.24) is 5.32 Å². The molecule has 1 aliphatic rings. The standard InChI is InChI=1S/C18H25NO3/c1-22-16-9-7-14(8-10-16)11-12-19-18(21)17(20)13-15-5-3-2-4-6-15/h7-10,15H,2-6,11-13H2,1H3,(H,19,21). The lowest BCUT2D eigenvalue weighted by atomic mass is 9.86. The number of rotatable bonds is 7. The molecule has 0 unspecified atom stereocenters. The van der Waals surface area contributed by atoms with Gasteiger partial charge in [0.15, 0.2) is 0 Å². The van der Waals surface area contributed by atoms with E-state index in [0.29, 0.717) is 25.3 Å². The monoisotopic (exact) mass is 303 g/mol. The van der Waals surface area contributed by atoms with Crippen LogP contribution in [0, 0.1) is 5.92 Å². The van der Waals surface area contributed by atoms with Gasteiger partial charge in [0.2, 0.25) is 5.78 Å². The van der Waals surface area contributed by atoms with E-state index in [-0.39, 0.29) is 5.78 Å². The van der Waals surface area contributed by atoms with Crippen molar-refractivity contribution in [2.45, 2.75) is 44.9 Å². The highest BCUT2D eigenvalue weighted by Crippen LogP contribution is 2.26. The molecule has 22 heavy (non-hydrogen) atoms. The average Bonchev–Trinajstić information content (AvgIpc) is 2.56. The molecule has 0 atom stereocenters. The van der Waals surface area contributed by atoms with Gasteiger partial charge in [0.1, 0.15) is 5.75 Å². The summed E-state index contributed by atoms with van der Waals surface area (Å²) in [6.45, 7) is 0.488. The van der Waals surface area contributed by atoms with Crippen LogP contribution in [0.4, 0.5) is 0 Å². The molecule has 0 saturated heterocycles. The van der Waals surface area contributed by atoms with Crippen molar-refractivity contribution in [3.8, 4) is 5.75 Å². The number of nitrogens with one attached hydrogen (secondary N) is 1. The molecule has 1 saturated carbocycles. The minimum atomic E-state index is -0.431. The van der Waals surface area contributed by atoms with Crippen molar-refractivity contribution in [2.24, 2.45) is 5.92 Å². The van der Waals surface area contributed by atoms with Gasteiger partial charge in [-0.25, -0.2) is 0 Å². The Bertz CT molecular complexity index is 490. The molecular formula is C18H25NO3. The van der Waals surface area contributed by atoms with Crippen molar-refractivity contribution in [1.29, 1.82) is 0 Å². The van der Waals surface area contributed by atoms with Crippen molar-refractivity contribution in [3.63, 3.8) is 0 Å². The van der Waals surface area contributed by atoms with Gasteiger partial charge in [0, 0.05) is 13.0 Å². The molecule has 4 heteroatoms. The van der Waals surface area contributed by atoms with Crippen molar-refractivity contribution < 1.29 is 14.3 Å². The fourth-order valence-electron chi connectivity index (χ4n) is 2.96. The van der Waals surface area contributed by atoms with E-state index in [2.05, 4.69) is 5.32 Å². The number of ketones is 1. The maximum atomic E-state index is 11.9. The van der Waals surface area contributed by atoms with Gasteiger partial charge in [-0.15, -0.1) is 0 Å². The second-order valence-corrected chi connectivity index (χ2v) is 5.99. The Morgan fingerprint density at radius 3 is 2.45 bits per heavy atom.